The minimum absolute atomic E-state index is 0.115. The summed E-state index contributed by atoms with van der Waals surface area (Å²) in [6.07, 6.45) is 4.65. The predicted octanol–water partition coefficient (Wildman–Crippen LogP) is 1.88. The number of ether oxygens (including phenoxy) is 1. The molecule has 2 heterocycles. The molecular formula is C20H31N3O2. The smallest absolute Gasteiger partial charge is 0.234 e. The summed E-state index contributed by atoms with van der Waals surface area (Å²) in [6.45, 7) is 5.20. The second-order valence-electron chi connectivity index (χ2n) is 7.35. The highest BCUT2D eigenvalue weighted by molar-refractivity contribution is 5.78. The van der Waals surface area contributed by atoms with Crippen LogP contribution in [-0.2, 0) is 16.1 Å². The van der Waals surface area contributed by atoms with E-state index in [2.05, 4.69) is 52.5 Å². The molecule has 5 heteroatoms. The molecule has 2 aliphatic heterocycles. The Labute approximate surface area is 151 Å². The maximum atomic E-state index is 12.1. The molecule has 1 unspecified atom stereocenters. The van der Waals surface area contributed by atoms with Crippen LogP contribution in [0.1, 0.15) is 31.2 Å². The first kappa shape index (κ1) is 18.4. The Hall–Kier alpha value is -1.43. The fraction of sp³-hybridized carbons (Fsp3) is 0.650. The molecule has 5 nitrogen and oxygen atoms in total. The lowest BCUT2D eigenvalue weighted by Crippen LogP contribution is -2.47. The zero-order valence-electron chi connectivity index (χ0n) is 15.3. The lowest BCUT2D eigenvalue weighted by atomic mass is 10.0. The topological polar surface area (TPSA) is 44.8 Å². The first-order valence-electron chi connectivity index (χ1n) is 9.55. The van der Waals surface area contributed by atoms with Crippen LogP contribution in [0.3, 0.4) is 0 Å². The van der Waals surface area contributed by atoms with Gasteiger partial charge in [-0.2, -0.15) is 0 Å². The average Bonchev–Trinajstić information content (AvgIpc) is 3.15. The van der Waals surface area contributed by atoms with Crippen LogP contribution in [0.4, 0.5) is 0 Å². The monoisotopic (exact) mass is 345 g/mol. The van der Waals surface area contributed by atoms with E-state index in [9.17, 15) is 4.79 Å². The average molecular weight is 345 g/mol. The first-order chi connectivity index (χ1) is 12.2. The van der Waals surface area contributed by atoms with Crippen LogP contribution in [-0.4, -0.2) is 67.7 Å². The molecule has 0 aliphatic carbocycles. The van der Waals surface area contributed by atoms with Gasteiger partial charge in [-0.05, 0) is 51.4 Å². The molecule has 0 aromatic heterocycles. The normalized spacial score (nSPS) is 22.4. The van der Waals surface area contributed by atoms with E-state index in [0.29, 0.717) is 19.1 Å². The number of likely N-dealkylation sites (tertiary alicyclic amines) is 1. The van der Waals surface area contributed by atoms with E-state index < -0.39 is 0 Å². The van der Waals surface area contributed by atoms with Crippen LogP contribution in [0.2, 0.25) is 0 Å². The van der Waals surface area contributed by atoms with Crippen LogP contribution in [0.15, 0.2) is 30.3 Å². The van der Waals surface area contributed by atoms with E-state index in [1.165, 1.54) is 5.56 Å². The molecule has 2 aliphatic rings. The van der Waals surface area contributed by atoms with Crippen molar-refractivity contribution in [3.05, 3.63) is 35.9 Å². The Bertz CT molecular complexity index is 523. The van der Waals surface area contributed by atoms with Gasteiger partial charge in [-0.1, -0.05) is 30.3 Å². The Morgan fingerprint density at radius 1 is 1.24 bits per heavy atom. The molecule has 1 atom stereocenters. The van der Waals surface area contributed by atoms with E-state index in [4.69, 9.17) is 4.74 Å². The van der Waals surface area contributed by atoms with Crippen molar-refractivity contribution >= 4 is 5.91 Å². The zero-order valence-corrected chi connectivity index (χ0v) is 15.3. The number of hydrogen-bond acceptors (Lipinski definition) is 4. The summed E-state index contributed by atoms with van der Waals surface area (Å²) in [6, 6.07) is 11.2. The van der Waals surface area contributed by atoms with Crippen LogP contribution in [0, 0.1) is 0 Å². The summed E-state index contributed by atoms with van der Waals surface area (Å²) in [5.41, 5.74) is 1.38. The largest absolute Gasteiger partial charge is 0.376 e. The molecule has 0 bridgehead atoms. The molecule has 1 N–H and O–H groups in total. The molecule has 1 aromatic carbocycles. The predicted molar refractivity (Wildman–Crippen MR) is 99.4 cm³/mol. The molecule has 138 valence electrons. The summed E-state index contributed by atoms with van der Waals surface area (Å²) < 4.78 is 5.55. The van der Waals surface area contributed by atoms with Crippen molar-refractivity contribution in [1.29, 1.82) is 0 Å². The summed E-state index contributed by atoms with van der Waals surface area (Å²) >= 11 is 0. The molecule has 1 amide bonds. The maximum absolute atomic E-state index is 12.1. The number of likely N-dealkylation sites (N-methyl/N-ethyl adjacent to an activating group) is 1. The molecule has 0 spiro atoms. The number of carbonyl (C=O) groups excluding carboxylic acids is 1. The van der Waals surface area contributed by atoms with Crippen LogP contribution < -0.4 is 5.32 Å². The van der Waals surface area contributed by atoms with Crippen molar-refractivity contribution in [1.82, 2.24) is 15.1 Å². The van der Waals surface area contributed by atoms with Gasteiger partial charge in [0.25, 0.3) is 0 Å². The zero-order chi connectivity index (χ0) is 17.5. The maximum Gasteiger partial charge on any atom is 0.234 e. The minimum Gasteiger partial charge on any atom is -0.376 e. The fourth-order valence-electron chi connectivity index (χ4n) is 3.80. The SMILES string of the molecule is CN(CC(=O)NCC1CCCO1)C1CCN(Cc2ccccc2)CC1. The molecule has 3 rings (SSSR count). The second kappa shape index (κ2) is 9.32. The van der Waals surface area contributed by atoms with Crippen LogP contribution in [0.5, 0.6) is 0 Å². The number of nitrogens with one attached hydrogen (secondary N) is 1. The standard InChI is InChI=1S/C20H31N3O2/c1-22(16-20(24)21-14-19-8-5-13-25-19)18-9-11-23(12-10-18)15-17-6-3-2-4-7-17/h2-4,6-7,18-19H,5,8-16H2,1H3,(H,21,24). The van der Waals surface area contributed by atoms with Gasteiger partial charge in [0, 0.05) is 25.7 Å². The van der Waals surface area contributed by atoms with Crippen LogP contribution >= 0.6 is 0 Å². The van der Waals surface area contributed by atoms with Gasteiger partial charge in [-0.3, -0.25) is 14.6 Å². The van der Waals surface area contributed by atoms with Gasteiger partial charge in [0.2, 0.25) is 5.91 Å². The van der Waals surface area contributed by atoms with E-state index >= 15 is 0 Å². The van der Waals surface area contributed by atoms with E-state index in [0.717, 1.165) is 51.9 Å². The lowest BCUT2D eigenvalue weighted by molar-refractivity contribution is -0.123. The van der Waals surface area contributed by atoms with Gasteiger partial charge in [0.15, 0.2) is 0 Å². The van der Waals surface area contributed by atoms with E-state index in [1.807, 2.05) is 0 Å². The number of piperidine rings is 1. The third-order valence-corrected chi connectivity index (χ3v) is 5.37. The summed E-state index contributed by atoms with van der Waals surface area (Å²) in [5, 5.41) is 3.02. The number of benzene rings is 1. The molecule has 2 saturated heterocycles. The Kier molecular flexibility index (Phi) is 6.84. The summed E-state index contributed by atoms with van der Waals surface area (Å²) in [5.74, 6) is 0.115. The van der Waals surface area contributed by atoms with E-state index in [1.54, 1.807) is 0 Å². The Balaban J connectivity index is 1.34. The van der Waals surface area contributed by atoms with Gasteiger partial charge >= 0.3 is 0 Å². The van der Waals surface area contributed by atoms with Crippen molar-refractivity contribution in [2.45, 2.75) is 44.4 Å². The summed E-state index contributed by atoms with van der Waals surface area (Å²) in [4.78, 5) is 16.9. The number of rotatable bonds is 7. The number of amides is 1. The molecule has 0 saturated carbocycles. The number of nitrogens with zero attached hydrogens (tertiary/aromatic N) is 2. The van der Waals surface area contributed by atoms with Gasteiger partial charge in [0.1, 0.15) is 0 Å². The van der Waals surface area contributed by atoms with Crippen molar-refractivity contribution in [3.63, 3.8) is 0 Å². The van der Waals surface area contributed by atoms with Crippen LogP contribution in [0.25, 0.3) is 0 Å². The van der Waals surface area contributed by atoms with Gasteiger partial charge < -0.3 is 10.1 Å². The summed E-state index contributed by atoms with van der Waals surface area (Å²) in [7, 11) is 2.07. The quantitative estimate of drug-likeness (QED) is 0.820. The first-order valence-corrected chi connectivity index (χ1v) is 9.55. The van der Waals surface area contributed by atoms with Crippen molar-refractivity contribution < 1.29 is 9.53 Å². The minimum atomic E-state index is 0.115. The molecular weight excluding hydrogens is 314 g/mol. The van der Waals surface area contributed by atoms with Crippen molar-refractivity contribution in [3.8, 4) is 0 Å². The van der Waals surface area contributed by atoms with Gasteiger partial charge in [0.05, 0.1) is 12.6 Å². The highest BCUT2D eigenvalue weighted by Gasteiger charge is 2.24. The molecule has 25 heavy (non-hydrogen) atoms. The molecule has 0 radical (unpaired) electrons. The number of carbonyl (C=O) groups is 1. The molecule has 2 fully saturated rings. The van der Waals surface area contributed by atoms with Gasteiger partial charge in [-0.15, -0.1) is 0 Å². The number of hydrogen-bond donors (Lipinski definition) is 1. The highest BCUT2D eigenvalue weighted by atomic mass is 16.5. The van der Waals surface area contributed by atoms with E-state index in [-0.39, 0.29) is 12.0 Å². The third kappa shape index (κ3) is 5.80. The third-order valence-electron chi connectivity index (χ3n) is 5.37. The second-order valence-corrected chi connectivity index (χ2v) is 7.35. The lowest BCUT2D eigenvalue weighted by Gasteiger charge is -2.36. The van der Waals surface area contributed by atoms with Gasteiger partial charge in [-0.25, -0.2) is 0 Å². The van der Waals surface area contributed by atoms with Crippen molar-refractivity contribution in [2.24, 2.45) is 0 Å². The Morgan fingerprint density at radius 2 is 2.00 bits per heavy atom. The fourth-order valence-corrected chi connectivity index (χ4v) is 3.80. The van der Waals surface area contributed by atoms with Crippen molar-refractivity contribution in [2.75, 3.05) is 39.8 Å². The Morgan fingerprint density at radius 3 is 2.68 bits per heavy atom. The molecule has 1 aromatic rings. The highest BCUT2D eigenvalue weighted by Crippen LogP contribution is 2.17.